The molecule has 11 heteroatoms. The highest BCUT2D eigenvalue weighted by Gasteiger charge is 2.47. The van der Waals surface area contributed by atoms with Gasteiger partial charge >= 0.3 is 5.97 Å². The number of ether oxygens (including phenoxy) is 3. The molecule has 8 unspecified atom stereocenters. The Balaban J connectivity index is 2.62. The normalized spacial score (nSPS) is 19.6. The monoisotopic (exact) mass is 1110 g/mol. The molecule has 1 aliphatic rings. The fraction of sp³-hybridized carbons (Fsp3) is 0.706. The second kappa shape index (κ2) is 54.9. The molecule has 1 rings (SSSR count). The van der Waals surface area contributed by atoms with Gasteiger partial charge in [0.15, 0.2) is 12.4 Å². The molecule has 79 heavy (non-hydrogen) atoms. The van der Waals surface area contributed by atoms with Gasteiger partial charge in [-0.3, -0.25) is 9.59 Å². The number of carbonyl (C=O) groups excluding carboxylic acids is 2. The molecule has 1 fully saturated rings. The largest absolute Gasteiger partial charge is 0.454 e. The van der Waals surface area contributed by atoms with E-state index < -0.39 is 67.4 Å². The zero-order valence-corrected chi connectivity index (χ0v) is 50.0. The molecule has 8 atom stereocenters. The maximum absolute atomic E-state index is 13.4. The Kier molecular flexibility index (Phi) is 50.9. The molecule has 0 bridgehead atoms. The standard InChI is InChI=1S/C68H115NO10/c1-4-7-10-13-16-19-22-25-26-27-28-29-30-31-32-33-34-35-36-38-41-44-47-50-53-56-63(73)79-66-65(75)64(74)62(57-70)78-68(66)77-58-59(60(71)54-51-48-45-42-39-24-21-18-15-12-9-6-3)69-67(76)61(72)55-52-49-46-43-40-37-23-20-17-14-11-8-5-2/h7-8,10-11,16-17,19-20,25-26,28-29,31-32,37,40,51,54,59-62,64-66,68,70-72,74-75H,4-6,9,12-15,18,21-24,27,30,33-36,38-39,41-50,52-53,55-58H2,1-3H3,(H,69,76)/b10-7-,11-8+,19-16-,20-17+,26-25-,29-28-,32-31-,40-37+,54-51+. The van der Waals surface area contributed by atoms with Crippen molar-refractivity contribution in [2.24, 2.45) is 0 Å². The molecule has 0 aromatic heterocycles. The number of carbonyl (C=O) groups is 2. The van der Waals surface area contributed by atoms with Crippen LogP contribution in [0.15, 0.2) is 109 Å². The van der Waals surface area contributed by atoms with E-state index in [0.717, 1.165) is 128 Å². The van der Waals surface area contributed by atoms with Gasteiger partial charge in [0, 0.05) is 6.42 Å². The predicted octanol–water partition coefficient (Wildman–Crippen LogP) is 15.3. The van der Waals surface area contributed by atoms with Crippen LogP contribution in [0.1, 0.15) is 245 Å². The number of unbranched alkanes of at least 4 members (excludes halogenated alkanes) is 22. The molecular weight excluding hydrogens is 991 g/mol. The lowest BCUT2D eigenvalue weighted by Crippen LogP contribution is -2.61. The molecule has 452 valence electrons. The van der Waals surface area contributed by atoms with Gasteiger partial charge in [-0.2, -0.15) is 0 Å². The van der Waals surface area contributed by atoms with Crippen molar-refractivity contribution in [2.45, 2.75) is 294 Å². The van der Waals surface area contributed by atoms with Crippen LogP contribution in [-0.2, 0) is 23.8 Å². The van der Waals surface area contributed by atoms with Crippen LogP contribution in [0.3, 0.4) is 0 Å². The lowest BCUT2D eigenvalue weighted by molar-refractivity contribution is -0.305. The minimum Gasteiger partial charge on any atom is -0.454 e. The SMILES string of the molecule is CC/C=C\C/C=C\C/C=C\C/C=C\C/C=C\CCCCCCCCCCCC(=O)OC1C(OCC(NC(=O)C(O)CCCCC/C=C/C/C=C/C/C=C/CC)C(O)/C=C/CCCCCCCCCCCC)OC(CO)C(O)C1O. The first-order valence-corrected chi connectivity index (χ1v) is 31.7. The molecule has 1 heterocycles. The molecule has 0 radical (unpaired) electrons. The number of hydrogen-bond donors (Lipinski definition) is 6. The quantitative estimate of drug-likeness (QED) is 0.0195. The van der Waals surface area contributed by atoms with Gasteiger partial charge in [0.1, 0.15) is 24.4 Å². The summed E-state index contributed by atoms with van der Waals surface area (Å²) in [6.07, 6.45) is 64.2. The lowest BCUT2D eigenvalue weighted by atomic mass is 9.99. The summed E-state index contributed by atoms with van der Waals surface area (Å²) in [4.78, 5) is 26.5. The molecular formula is C68H115NO10. The average Bonchev–Trinajstić information content (AvgIpc) is 3.49. The van der Waals surface area contributed by atoms with E-state index in [1.807, 2.05) is 6.08 Å². The summed E-state index contributed by atoms with van der Waals surface area (Å²) in [6.45, 7) is 5.53. The first-order valence-electron chi connectivity index (χ1n) is 31.7. The van der Waals surface area contributed by atoms with Gasteiger partial charge in [0.05, 0.1) is 25.4 Å². The second-order valence-electron chi connectivity index (χ2n) is 21.4. The molecule has 1 saturated heterocycles. The van der Waals surface area contributed by atoms with E-state index in [4.69, 9.17) is 14.2 Å². The van der Waals surface area contributed by atoms with Gasteiger partial charge in [-0.25, -0.2) is 0 Å². The van der Waals surface area contributed by atoms with Crippen LogP contribution in [0.5, 0.6) is 0 Å². The van der Waals surface area contributed by atoms with Crippen molar-refractivity contribution in [3.63, 3.8) is 0 Å². The zero-order valence-electron chi connectivity index (χ0n) is 50.0. The third kappa shape index (κ3) is 42.8. The van der Waals surface area contributed by atoms with Crippen LogP contribution < -0.4 is 5.32 Å². The number of allylic oxidation sites excluding steroid dienone is 17. The van der Waals surface area contributed by atoms with Crippen LogP contribution in [0.2, 0.25) is 0 Å². The van der Waals surface area contributed by atoms with Crippen molar-refractivity contribution in [1.82, 2.24) is 5.32 Å². The Labute approximate surface area is 481 Å². The summed E-state index contributed by atoms with van der Waals surface area (Å²) in [5, 5.41) is 56.9. The number of aliphatic hydroxyl groups excluding tert-OH is 5. The summed E-state index contributed by atoms with van der Waals surface area (Å²) in [7, 11) is 0. The van der Waals surface area contributed by atoms with Crippen LogP contribution in [0.25, 0.3) is 0 Å². The van der Waals surface area contributed by atoms with Crippen molar-refractivity contribution in [3.05, 3.63) is 109 Å². The number of hydrogen-bond acceptors (Lipinski definition) is 10. The van der Waals surface area contributed by atoms with E-state index in [1.54, 1.807) is 6.08 Å². The van der Waals surface area contributed by atoms with E-state index in [9.17, 15) is 35.1 Å². The minimum absolute atomic E-state index is 0.107. The second-order valence-corrected chi connectivity index (χ2v) is 21.4. The lowest BCUT2D eigenvalue weighted by Gasteiger charge is -2.41. The number of esters is 1. The molecule has 6 N–H and O–H groups in total. The van der Waals surface area contributed by atoms with Gasteiger partial charge < -0.3 is 45.1 Å². The van der Waals surface area contributed by atoms with E-state index in [2.05, 4.69) is 123 Å². The summed E-state index contributed by atoms with van der Waals surface area (Å²) in [5.74, 6) is -1.23. The highest BCUT2D eigenvalue weighted by Crippen LogP contribution is 2.26. The minimum atomic E-state index is -1.63. The van der Waals surface area contributed by atoms with Gasteiger partial charge in [0.25, 0.3) is 0 Å². The maximum atomic E-state index is 13.4. The highest BCUT2D eigenvalue weighted by molar-refractivity contribution is 5.80. The third-order valence-corrected chi connectivity index (χ3v) is 14.2. The van der Waals surface area contributed by atoms with Crippen LogP contribution in [0, 0.1) is 0 Å². The Morgan fingerprint density at radius 2 is 0.911 bits per heavy atom. The summed E-state index contributed by atoms with van der Waals surface area (Å²) < 4.78 is 17.6. The van der Waals surface area contributed by atoms with Gasteiger partial charge in [-0.05, 0) is 103 Å². The first kappa shape index (κ1) is 73.3. The molecule has 0 spiro atoms. The fourth-order valence-corrected chi connectivity index (χ4v) is 9.22. The summed E-state index contributed by atoms with van der Waals surface area (Å²) in [5.41, 5.74) is 0. The van der Waals surface area contributed by atoms with E-state index in [0.29, 0.717) is 12.8 Å². The Morgan fingerprint density at radius 1 is 0.506 bits per heavy atom. The predicted molar refractivity (Wildman–Crippen MR) is 328 cm³/mol. The van der Waals surface area contributed by atoms with Crippen molar-refractivity contribution in [2.75, 3.05) is 13.2 Å². The third-order valence-electron chi connectivity index (χ3n) is 14.2. The van der Waals surface area contributed by atoms with Crippen molar-refractivity contribution in [3.8, 4) is 0 Å². The molecule has 1 amide bonds. The summed E-state index contributed by atoms with van der Waals surface area (Å²) in [6, 6.07) is -1.04. The van der Waals surface area contributed by atoms with E-state index in [-0.39, 0.29) is 19.4 Å². The number of nitrogens with one attached hydrogen (secondary N) is 1. The Bertz CT molecular complexity index is 1700. The Hall–Kier alpha value is -3.68. The first-order chi connectivity index (χ1) is 38.7. The maximum Gasteiger partial charge on any atom is 0.306 e. The summed E-state index contributed by atoms with van der Waals surface area (Å²) >= 11 is 0. The molecule has 0 aromatic carbocycles. The smallest absolute Gasteiger partial charge is 0.306 e. The molecule has 0 aliphatic carbocycles. The zero-order chi connectivity index (χ0) is 57.5. The molecule has 0 aromatic rings. The van der Waals surface area contributed by atoms with Gasteiger partial charge in [-0.1, -0.05) is 246 Å². The van der Waals surface area contributed by atoms with Crippen molar-refractivity contribution in [1.29, 1.82) is 0 Å². The van der Waals surface area contributed by atoms with E-state index >= 15 is 0 Å². The Morgan fingerprint density at radius 3 is 1.37 bits per heavy atom. The van der Waals surface area contributed by atoms with Gasteiger partial charge in [0.2, 0.25) is 5.91 Å². The van der Waals surface area contributed by atoms with Crippen LogP contribution in [0.4, 0.5) is 0 Å². The number of amides is 1. The number of rotatable bonds is 52. The molecule has 11 nitrogen and oxygen atoms in total. The van der Waals surface area contributed by atoms with Gasteiger partial charge in [-0.15, -0.1) is 0 Å². The van der Waals surface area contributed by atoms with E-state index in [1.165, 1.54) is 70.6 Å². The average molecular weight is 1110 g/mol. The highest BCUT2D eigenvalue weighted by atomic mass is 16.7. The molecule has 1 aliphatic heterocycles. The van der Waals surface area contributed by atoms with Crippen LogP contribution in [-0.4, -0.2) is 99.6 Å². The topological polar surface area (TPSA) is 175 Å². The molecule has 0 saturated carbocycles. The van der Waals surface area contributed by atoms with Crippen molar-refractivity contribution < 1.29 is 49.3 Å². The van der Waals surface area contributed by atoms with Crippen LogP contribution >= 0.6 is 0 Å². The number of aliphatic hydroxyl groups is 5. The fourth-order valence-electron chi connectivity index (χ4n) is 9.22. The van der Waals surface area contributed by atoms with Crippen molar-refractivity contribution >= 4 is 11.9 Å².